The predicted octanol–water partition coefficient (Wildman–Crippen LogP) is -1.04. The molecule has 0 bridgehead atoms. The second-order valence-corrected chi connectivity index (χ2v) is 1.43. The molecule has 0 radical (unpaired) electrons. The third-order valence-corrected chi connectivity index (χ3v) is 0.716. The quantitative estimate of drug-likeness (QED) is 0.277. The zero-order valence-electron chi connectivity index (χ0n) is 5.13. The lowest BCUT2D eigenvalue weighted by Crippen LogP contribution is -2.19. The molecule has 0 saturated heterocycles. The number of hydroxylamine groups is 2. The summed E-state index contributed by atoms with van der Waals surface area (Å²) >= 11 is 0. The Morgan fingerprint density at radius 2 is 1.44 bits per heavy atom. The van der Waals surface area contributed by atoms with Crippen molar-refractivity contribution in [1.82, 2.24) is 11.0 Å². The first kappa shape index (κ1) is 8.80. The molecule has 0 aliphatic heterocycles. The molecule has 5 nitrogen and oxygen atoms in total. The molecule has 0 heterocycles. The normalized spacial score (nSPS) is 10.0. The maximum absolute atomic E-state index is 8.03. The van der Waals surface area contributed by atoms with E-state index in [1.165, 1.54) is 0 Å². The molecule has 0 amide bonds. The largest absolute Gasteiger partial charge is 0.379 e. The van der Waals surface area contributed by atoms with Crippen molar-refractivity contribution in [3.63, 3.8) is 0 Å². The molecule has 0 aromatic carbocycles. The lowest BCUT2D eigenvalue weighted by Gasteiger charge is -2.00. The molecule has 0 atom stereocenters. The third-order valence-electron chi connectivity index (χ3n) is 0.716. The minimum atomic E-state index is 0.408. The van der Waals surface area contributed by atoms with Crippen LogP contribution in [-0.4, -0.2) is 36.7 Å². The number of rotatable bonds is 6. The molecule has 56 valence electrons. The van der Waals surface area contributed by atoms with Crippen LogP contribution in [0.3, 0.4) is 0 Å². The highest BCUT2D eigenvalue weighted by molar-refractivity contribution is 4.33. The van der Waals surface area contributed by atoms with E-state index < -0.39 is 0 Å². The number of ether oxygens (including phenoxy) is 1. The molecule has 5 heteroatoms. The molecular weight excluding hydrogens is 124 g/mol. The lowest BCUT2D eigenvalue weighted by atomic mass is 10.7. The third kappa shape index (κ3) is 7.80. The van der Waals surface area contributed by atoms with Crippen molar-refractivity contribution < 1.29 is 15.2 Å². The first-order valence-corrected chi connectivity index (χ1v) is 2.73. The Kier molecular flexibility index (Phi) is 7.63. The maximum Gasteiger partial charge on any atom is 0.0614 e. The van der Waals surface area contributed by atoms with Crippen LogP contribution < -0.4 is 11.0 Å². The summed E-state index contributed by atoms with van der Waals surface area (Å²) in [6.45, 7) is 1.70. The van der Waals surface area contributed by atoms with Crippen molar-refractivity contribution >= 4 is 0 Å². The van der Waals surface area contributed by atoms with Gasteiger partial charge >= 0.3 is 0 Å². The SMILES string of the molecule is ONCCOCCNO. The van der Waals surface area contributed by atoms with Gasteiger partial charge in [0.15, 0.2) is 0 Å². The van der Waals surface area contributed by atoms with Crippen LogP contribution in [0.15, 0.2) is 0 Å². The zero-order valence-corrected chi connectivity index (χ0v) is 5.13. The zero-order chi connectivity index (χ0) is 6.95. The molecular formula is C4H12N2O3. The van der Waals surface area contributed by atoms with Gasteiger partial charge in [-0.1, -0.05) is 0 Å². The van der Waals surface area contributed by atoms with Crippen LogP contribution in [0.5, 0.6) is 0 Å². The Balaban J connectivity index is 2.60. The second kappa shape index (κ2) is 7.80. The Labute approximate surface area is 53.5 Å². The van der Waals surface area contributed by atoms with Gasteiger partial charge in [0.2, 0.25) is 0 Å². The molecule has 0 aromatic heterocycles. The Morgan fingerprint density at radius 3 is 1.78 bits per heavy atom. The molecule has 4 N–H and O–H groups in total. The average Bonchev–Trinajstić information content (AvgIpc) is 1.89. The number of hydrogen-bond acceptors (Lipinski definition) is 5. The van der Waals surface area contributed by atoms with Crippen LogP contribution in [0.25, 0.3) is 0 Å². The smallest absolute Gasteiger partial charge is 0.0614 e. The van der Waals surface area contributed by atoms with Crippen LogP contribution in [0.4, 0.5) is 0 Å². The van der Waals surface area contributed by atoms with Crippen molar-refractivity contribution in [1.29, 1.82) is 0 Å². The van der Waals surface area contributed by atoms with Gasteiger partial charge in [-0.25, -0.2) is 11.0 Å². The Morgan fingerprint density at radius 1 is 1.00 bits per heavy atom. The van der Waals surface area contributed by atoms with Crippen LogP contribution in [0, 0.1) is 0 Å². The van der Waals surface area contributed by atoms with Crippen LogP contribution >= 0.6 is 0 Å². The highest BCUT2D eigenvalue weighted by atomic mass is 16.5. The van der Waals surface area contributed by atoms with E-state index in [0.717, 1.165) is 0 Å². The topological polar surface area (TPSA) is 73.8 Å². The van der Waals surface area contributed by atoms with Gasteiger partial charge in [0.25, 0.3) is 0 Å². The van der Waals surface area contributed by atoms with E-state index in [2.05, 4.69) is 0 Å². The van der Waals surface area contributed by atoms with Crippen LogP contribution in [-0.2, 0) is 4.74 Å². The van der Waals surface area contributed by atoms with E-state index >= 15 is 0 Å². The summed E-state index contributed by atoms with van der Waals surface area (Å²) in [7, 11) is 0. The highest BCUT2D eigenvalue weighted by Crippen LogP contribution is 1.68. The summed E-state index contributed by atoms with van der Waals surface area (Å²) < 4.78 is 4.87. The second-order valence-electron chi connectivity index (χ2n) is 1.43. The van der Waals surface area contributed by atoms with Crippen LogP contribution in [0.2, 0.25) is 0 Å². The molecule has 0 aromatic rings. The predicted molar refractivity (Wildman–Crippen MR) is 30.4 cm³/mol. The fourth-order valence-corrected chi connectivity index (χ4v) is 0.338. The fraction of sp³-hybridized carbons (Fsp3) is 1.00. The molecule has 0 fully saturated rings. The van der Waals surface area contributed by atoms with Crippen molar-refractivity contribution in [2.45, 2.75) is 0 Å². The first-order valence-electron chi connectivity index (χ1n) is 2.73. The van der Waals surface area contributed by atoms with Crippen molar-refractivity contribution in [2.24, 2.45) is 0 Å². The molecule has 0 rings (SSSR count). The van der Waals surface area contributed by atoms with E-state index in [1.54, 1.807) is 0 Å². The van der Waals surface area contributed by atoms with Crippen LogP contribution in [0.1, 0.15) is 0 Å². The monoisotopic (exact) mass is 136 g/mol. The number of hydrogen-bond donors (Lipinski definition) is 4. The standard InChI is InChI=1S/C4H12N2O3/c7-5-1-3-9-4-2-6-8/h5-8H,1-4H2. The molecule has 0 aliphatic rings. The molecule has 9 heavy (non-hydrogen) atoms. The summed E-state index contributed by atoms with van der Waals surface area (Å²) in [5.74, 6) is 0. The number of nitrogens with one attached hydrogen (secondary N) is 2. The first-order chi connectivity index (χ1) is 4.41. The highest BCUT2D eigenvalue weighted by Gasteiger charge is 1.84. The maximum atomic E-state index is 8.03. The summed E-state index contributed by atoms with van der Waals surface area (Å²) in [4.78, 5) is 0. The van der Waals surface area contributed by atoms with Gasteiger partial charge in [0.05, 0.1) is 13.2 Å². The minimum absolute atomic E-state index is 0.408. The van der Waals surface area contributed by atoms with Gasteiger partial charge in [0.1, 0.15) is 0 Å². The van der Waals surface area contributed by atoms with Gasteiger partial charge in [-0.3, -0.25) is 0 Å². The van der Waals surface area contributed by atoms with Gasteiger partial charge in [-0.2, -0.15) is 0 Å². The fourth-order valence-electron chi connectivity index (χ4n) is 0.338. The van der Waals surface area contributed by atoms with E-state index in [9.17, 15) is 0 Å². The summed E-state index contributed by atoms with van der Waals surface area (Å²) in [5, 5.41) is 16.1. The summed E-state index contributed by atoms with van der Waals surface area (Å²) in [6, 6.07) is 0. The van der Waals surface area contributed by atoms with Crippen molar-refractivity contribution in [3.05, 3.63) is 0 Å². The molecule has 0 spiro atoms. The molecule has 0 unspecified atom stereocenters. The van der Waals surface area contributed by atoms with Gasteiger partial charge < -0.3 is 15.2 Å². The van der Waals surface area contributed by atoms with E-state index in [-0.39, 0.29) is 0 Å². The summed E-state index contributed by atoms with van der Waals surface area (Å²) in [6.07, 6.45) is 0. The van der Waals surface area contributed by atoms with Crippen molar-refractivity contribution in [3.8, 4) is 0 Å². The van der Waals surface area contributed by atoms with Gasteiger partial charge in [-0.05, 0) is 0 Å². The molecule has 0 saturated carbocycles. The summed E-state index contributed by atoms with van der Waals surface area (Å²) in [5.41, 5.74) is 3.87. The lowest BCUT2D eigenvalue weighted by molar-refractivity contribution is 0.0701. The Hall–Kier alpha value is -0.200. The van der Waals surface area contributed by atoms with Crippen molar-refractivity contribution in [2.75, 3.05) is 26.3 Å². The van der Waals surface area contributed by atoms with Gasteiger partial charge in [-0.15, -0.1) is 0 Å². The Bertz CT molecular complexity index is 47.1. The minimum Gasteiger partial charge on any atom is -0.379 e. The van der Waals surface area contributed by atoms with E-state index in [1.807, 2.05) is 11.0 Å². The van der Waals surface area contributed by atoms with E-state index in [0.29, 0.717) is 26.3 Å². The van der Waals surface area contributed by atoms with E-state index in [4.69, 9.17) is 15.2 Å². The molecule has 0 aliphatic carbocycles. The average molecular weight is 136 g/mol. The van der Waals surface area contributed by atoms with Gasteiger partial charge in [0, 0.05) is 13.1 Å².